The van der Waals surface area contributed by atoms with E-state index in [1.165, 1.54) is 33.0 Å². The molecule has 0 aromatic heterocycles. The fourth-order valence-electron chi connectivity index (χ4n) is 2.28. The highest BCUT2D eigenvalue weighted by molar-refractivity contribution is 5.75. The lowest BCUT2D eigenvalue weighted by atomic mass is 10.0. The minimum absolute atomic E-state index is 0.139. The van der Waals surface area contributed by atoms with Gasteiger partial charge in [0.05, 0.1) is 7.11 Å². The molecule has 4 heteroatoms. The number of carbonyl (C=O) groups excluding carboxylic acids is 1. The maximum atomic E-state index is 11.6. The van der Waals surface area contributed by atoms with Crippen LogP contribution in [-0.2, 0) is 9.53 Å². The van der Waals surface area contributed by atoms with Gasteiger partial charge in [-0.1, -0.05) is 13.8 Å². The number of ether oxygens (including phenoxy) is 1. The Balaban J connectivity index is 2.24. The fourth-order valence-corrected chi connectivity index (χ4v) is 2.28. The molecule has 0 spiro atoms. The van der Waals surface area contributed by atoms with E-state index in [2.05, 4.69) is 24.1 Å². The van der Waals surface area contributed by atoms with E-state index >= 15 is 0 Å². The molecule has 1 unspecified atom stereocenters. The highest BCUT2D eigenvalue weighted by atomic mass is 16.5. The zero-order valence-electron chi connectivity index (χ0n) is 11.4. The van der Waals surface area contributed by atoms with Crippen LogP contribution in [0.25, 0.3) is 0 Å². The molecule has 0 radical (unpaired) electrons. The van der Waals surface area contributed by atoms with Crippen molar-refractivity contribution in [2.45, 2.75) is 39.2 Å². The Morgan fingerprint density at radius 3 is 2.53 bits per heavy atom. The molecule has 1 atom stereocenters. The second-order valence-electron chi connectivity index (χ2n) is 5.21. The van der Waals surface area contributed by atoms with E-state index in [0.717, 1.165) is 19.5 Å². The zero-order valence-corrected chi connectivity index (χ0v) is 11.4. The molecule has 1 aliphatic heterocycles. The third-order valence-corrected chi connectivity index (χ3v) is 3.21. The molecule has 0 aromatic rings. The highest BCUT2D eigenvalue weighted by Crippen LogP contribution is 2.08. The highest BCUT2D eigenvalue weighted by Gasteiger charge is 2.20. The second kappa shape index (κ2) is 7.67. The average Bonchev–Trinajstić information content (AvgIpc) is 2.79. The van der Waals surface area contributed by atoms with Crippen LogP contribution in [0.15, 0.2) is 0 Å². The molecule has 1 N–H and O–H groups in total. The molecule has 1 heterocycles. The number of nitrogens with one attached hydrogen (secondary N) is 1. The lowest BCUT2D eigenvalue weighted by molar-refractivity contribution is -0.143. The summed E-state index contributed by atoms with van der Waals surface area (Å²) in [4.78, 5) is 14.0. The van der Waals surface area contributed by atoms with Crippen LogP contribution in [-0.4, -0.2) is 50.2 Å². The molecule has 0 aromatic carbocycles. The Labute approximate surface area is 105 Å². The van der Waals surface area contributed by atoms with Crippen LogP contribution in [0.4, 0.5) is 0 Å². The first-order valence-corrected chi connectivity index (χ1v) is 6.67. The number of hydrogen-bond donors (Lipinski definition) is 1. The lowest BCUT2D eigenvalue weighted by Gasteiger charge is -2.20. The van der Waals surface area contributed by atoms with Crippen LogP contribution in [0.2, 0.25) is 0 Å². The number of hydrogen-bond acceptors (Lipinski definition) is 4. The monoisotopic (exact) mass is 242 g/mol. The van der Waals surface area contributed by atoms with Crippen molar-refractivity contribution in [2.75, 3.05) is 33.3 Å². The number of likely N-dealkylation sites (tertiary alicyclic amines) is 1. The Bertz CT molecular complexity index is 225. The number of carbonyl (C=O) groups is 1. The lowest BCUT2D eigenvalue weighted by Crippen LogP contribution is -2.42. The number of methoxy groups -OCH3 is 1. The van der Waals surface area contributed by atoms with Crippen LogP contribution in [0.3, 0.4) is 0 Å². The van der Waals surface area contributed by atoms with Gasteiger partial charge in [-0.15, -0.1) is 0 Å². The molecule has 100 valence electrons. The third kappa shape index (κ3) is 5.50. The summed E-state index contributed by atoms with van der Waals surface area (Å²) in [6, 6.07) is -0.150. The molecule has 1 aliphatic rings. The first-order valence-electron chi connectivity index (χ1n) is 6.67. The second-order valence-corrected chi connectivity index (χ2v) is 5.21. The van der Waals surface area contributed by atoms with Gasteiger partial charge in [-0.2, -0.15) is 0 Å². The molecule has 0 amide bonds. The SMILES string of the molecule is COC(=O)C(CC(C)C)NCCN1CCCC1. The van der Waals surface area contributed by atoms with Crippen LogP contribution in [0.1, 0.15) is 33.1 Å². The van der Waals surface area contributed by atoms with Crippen LogP contribution in [0, 0.1) is 5.92 Å². The van der Waals surface area contributed by atoms with Crippen LogP contribution < -0.4 is 5.32 Å². The van der Waals surface area contributed by atoms with Crippen molar-refractivity contribution >= 4 is 5.97 Å². The van der Waals surface area contributed by atoms with Crippen molar-refractivity contribution in [1.29, 1.82) is 0 Å². The summed E-state index contributed by atoms with van der Waals surface area (Å²) in [5, 5.41) is 3.31. The van der Waals surface area contributed by atoms with E-state index in [1.807, 2.05) is 0 Å². The minimum Gasteiger partial charge on any atom is -0.468 e. The van der Waals surface area contributed by atoms with Gasteiger partial charge in [-0.25, -0.2) is 0 Å². The maximum Gasteiger partial charge on any atom is 0.322 e. The summed E-state index contributed by atoms with van der Waals surface area (Å²) in [5.41, 5.74) is 0. The molecule has 4 nitrogen and oxygen atoms in total. The Morgan fingerprint density at radius 2 is 2.00 bits per heavy atom. The van der Waals surface area contributed by atoms with Crippen LogP contribution in [0.5, 0.6) is 0 Å². The fraction of sp³-hybridized carbons (Fsp3) is 0.923. The summed E-state index contributed by atoms with van der Waals surface area (Å²) in [5.74, 6) is 0.360. The summed E-state index contributed by atoms with van der Waals surface area (Å²) < 4.78 is 4.82. The van der Waals surface area contributed by atoms with Gasteiger partial charge in [0.1, 0.15) is 6.04 Å². The normalized spacial score (nSPS) is 18.6. The first-order chi connectivity index (χ1) is 8.13. The molecular weight excluding hydrogens is 216 g/mol. The van der Waals surface area contributed by atoms with Gasteiger partial charge < -0.3 is 15.0 Å². The van der Waals surface area contributed by atoms with E-state index in [9.17, 15) is 4.79 Å². The Morgan fingerprint density at radius 1 is 1.35 bits per heavy atom. The predicted molar refractivity (Wildman–Crippen MR) is 68.9 cm³/mol. The molecule has 17 heavy (non-hydrogen) atoms. The van der Waals surface area contributed by atoms with Crippen molar-refractivity contribution in [3.63, 3.8) is 0 Å². The van der Waals surface area contributed by atoms with Crippen molar-refractivity contribution in [3.05, 3.63) is 0 Å². The van der Waals surface area contributed by atoms with Gasteiger partial charge >= 0.3 is 5.97 Å². The molecule has 0 bridgehead atoms. The molecule has 1 fully saturated rings. The van der Waals surface area contributed by atoms with E-state index in [1.54, 1.807) is 0 Å². The predicted octanol–water partition coefficient (Wildman–Crippen LogP) is 1.26. The summed E-state index contributed by atoms with van der Waals surface area (Å²) in [7, 11) is 1.46. The van der Waals surface area contributed by atoms with Crippen LogP contribution >= 0.6 is 0 Å². The Kier molecular flexibility index (Phi) is 6.52. The van der Waals surface area contributed by atoms with Gasteiger partial charge in [0.25, 0.3) is 0 Å². The van der Waals surface area contributed by atoms with Crippen molar-refractivity contribution < 1.29 is 9.53 Å². The summed E-state index contributed by atoms with van der Waals surface area (Å²) >= 11 is 0. The smallest absolute Gasteiger partial charge is 0.322 e. The quantitative estimate of drug-likeness (QED) is 0.682. The van der Waals surface area contributed by atoms with Gasteiger partial charge in [0.2, 0.25) is 0 Å². The molecular formula is C13H26N2O2. The maximum absolute atomic E-state index is 11.6. The summed E-state index contributed by atoms with van der Waals surface area (Å²) in [6.07, 6.45) is 3.46. The molecule has 0 saturated carbocycles. The number of esters is 1. The molecule has 1 rings (SSSR count). The van der Waals surface area contributed by atoms with Crippen molar-refractivity contribution in [1.82, 2.24) is 10.2 Å². The first kappa shape index (κ1) is 14.5. The summed E-state index contributed by atoms with van der Waals surface area (Å²) in [6.45, 7) is 8.55. The van der Waals surface area contributed by atoms with Gasteiger partial charge in [0.15, 0.2) is 0 Å². The average molecular weight is 242 g/mol. The molecule has 0 aliphatic carbocycles. The topological polar surface area (TPSA) is 41.6 Å². The van der Waals surface area contributed by atoms with Crippen molar-refractivity contribution in [2.24, 2.45) is 5.92 Å². The number of nitrogens with zero attached hydrogens (tertiary/aromatic N) is 1. The van der Waals surface area contributed by atoms with Gasteiger partial charge in [0, 0.05) is 13.1 Å². The minimum atomic E-state index is -0.150. The standard InChI is InChI=1S/C13H26N2O2/c1-11(2)10-12(13(16)17-3)14-6-9-15-7-4-5-8-15/h11-12,14H,4-10H2,1-3H3. The Hall–Kier alpha value is -0.610. The van der Waals surface area contributed by atoms with Gasteiger partial charge in [-0.05, 0) is 38.3 Å². The van der Waals surface area contributed by atoms with E-state index < -0.39 is 0 Å². The largest absolute Gasteiger partial charge is 0.468 e. The number of rotatable bonds is 7. The van der Waals surface area contributed by atoms with Gasteiger partial charge in [-0.3, -0.25) is 4.79 Å². The van der Waals surface area contributed by atoms with E-state index in [4.69, 9.17) is 4.74 Å². The zero-order chi connectivity index (χ0) is 12.7. The van der Waals surface area contributed by atoms with E-state index in [-0.39, 0.29) is 12.0 Å². The molecule has 1 saturated heterocycles. The van der Waals surface area contributed by atoms with E-state index in [0.29, 0.717) is 5.92 Å². The third-order valence-electron chi connectivity index (χ3n) is 3.21. The van der Waals surface area contributed by atoms with Crippen molar-refractivity contribution in [3.8, 4) is 0 Å².